The third-order valence-corrected chi connectivity index (χ3v) is 6.63. The molecular formula is C21H29FN5O2S+. The summed E-state index contributed by atoms with van der Waals surface area (Å²) in [6.07, 6.45) is 5.34. The first-order chi connectivity index (χ1) is 14.4. The summed E-state index contributed by atoms with van der Waals surface area (Å²) in [4.78, 5) is 29.8. The minimum Gasteiger partial charge on any atom is -0.375 e. The molecule has 0 unspecified atom stereocenters. The van der Waals surface area contributed by atoms with Gasteiger partial charge in [-0.3, -0.25) is 9.59 Å². The molecule has 9 heteroatoms. The smallest absolute Gasteiger partial charge is 0.279 e. The van der Waals surface area contributed by atoms with Crippen molar-refractivity contribution in [3.63, 3.8) is 0 Å². The van der Waals surface area contributed by atoms with Crippen molar-refractivity contribution >= 4 is 28.3 Å². The molecule has 5 N–H and O–H groups in total. The van der Waals surface area contributed by atoms with E-state index in [-0.39, 0.29) is 24.1 Å². The topological polar surface area (TPSA) is 111 Å². The zero-order chi connectivity index (χ0) is 21.6. The van der Waals surface area contributed by atoms with E-state index in [1.807, 2.05) is 6.07 Å². The molecule has 2 heterocycles. The van der Waals surface area contributed by atoms with Gasteiger partial charge in [0.1, 0.15) is 5.82 Å². The number of nitrogens with two attached hydrogens (primary N) is 2. The Hall–Kier alpha value is -2.52. The maximum atomic E-state index is 13.8. The summed E-state index contributed by atoms with van der Waals surface area (Å²) in [6.45, 7) is 2.45. The molecule has 0 radical (unpaired) electrons. The SMILES string of the molecule is NC(=O)CC[N+]1([C@@H](Cc2cccc(F)c2)C(=O)NCc2cnc(N)s2)CCCCC1. The van der Waals surface area contributed by atoms with Crippen LogP contribution in [0.25, 0.3) is 0 Å². The number of rotatable bonds is 9. The van der Waals surface area contributed by atoms with Crippen LogP contribution in [0.3, 0.4) is 0 Å². The van der Waals surface area contributed by atoms with Gasteiger partial charge in [0.05, 0.1) is 32.6 Å². The molecule has 2 aromatic rings. The largest absolute Gasteiger partial charge is 0.375 e. The predicted octanol–water partition coefficient (Wildman–Crippen LogP) is 1.97. The number of quaternary nitrogens is 1. The molecule has 7 nitrogen and oxygen atoms in total. The number of nitrogen functional groups attached to an aromatic ring is 1. The molecule has 30 heavy (non-hydrogen) atoms. The minimum atomic E-state index is -0.434. The number of likely N-dealkylation sites (tertiary alicyclic amines) is 1. The number of piperidine rings is 1. The summed E-state index contributed by atoms with van der Waals surface area (Å²) in [6, 6.07) is 5.92. The molecule has 1 aromatic heterocycles. The van der Waals surface area contributed by atoms with E-state index >= 15 is 0 Å². The van der Waals surface area contributed by atoms with Crippen LogP contribution < -0.4 is 16.8 Å². The molecule has 0 aliphatic carbocycles. The van der Waals surface area contributed by atoms with Crippen molar-refractivity contribution in [3.8, 4) is 0 Å². The second kappa shape index (κ2) is 9.99. The zero-order valence-corrected chi connectivity index (χ0v) is 17.8. The van der Waals surface area contributed by atoms with Crippen molar-refractivity contribution in [2.24, 2.45) is 5.73 Å². The first-order valence-corrected chi connectivity index (χ1v) is 11.1. The van der Waals surface area contributed by atoms with E-state index in [9.17, 15) is 14.0 Å². The Balaban J connectivity index is 1.85. The summed E-state index contributed by atoms with van der Waals surface area (Å²) < 4.78 is 14.3. The number of primary amides is 1. The lowest BCUT2D eigenvalue weighted by atomic mass is 9.96. The number of nitrogens with zero attached hydrogens (tertiary/aromatic N) is 2. The number of amides is 2. The van der Waals surface area contributed by atoms with Gasteiger partial charge in [-0.2, -0.15) is 0 Å². The molecule has 1 aliphatic rings. The summed E-state index contributed by atoms with van der Waals surface area (Å²) >= 11 is 1.33. The van der Waals surface area contributed by atoms with Crippen LogP contribution in [0.15, 0.2) is 30.5 Å². The Morgan fingerprint density at radius 3 is 2.67 bits per heavy atom. The van der Waals surface area contributed by atoms with Gasteiger partial charge in [0.2, 0.25) is 5.91 Å². The average molecular weight is 435 g/mol. The van der Waals surface area contributed by atoms with Gasteiger partial charge < -0.3 is 21.3 Å². The Morgan fingerprint density at radius 2 is 2.03 bits per heavy atom. The lowest BCUT2D eigenvalue weighted by molar-refractivity contribution is -0.946. The van der Waals surface area contributed by atoms with Crippen molar-refractivity contribution in [1.29, 1.82) is 0 Å². The number of carbonyl (C=O) groups excluding carboxylic acids is 2. The third-order valence-electron chi connectivity index (χ3n) is 5.80. The van der Waals surface area contributed by atoms with Crippen LogP contribution in [0.5, 0.6) is 0 Å². The number of hydrogen-bond donors (Lipinski definition) is 3. The van der Waals surface area contributed by atoms with Gasteiger partial charge in [0.25, 0.3) is 5.91 Å². The van der Waals surface area contributed by atoms with Crippen LogP contribution in [0.2, 0.25) is 0 Å². The van der Waals surface area contributed by atoms with E-state index in [2.05, 4.69) is 10.3 Å². The fraction of sp³-hybridized carbons (Fsp3) is 0.476. The quantitative estimate of drug-likeness (QED) is 0.524. The fourth-order valence-electron chi connectivity index (χ4n) is 4.28. The van der Waals surface area contributed by atoms with Gasteiger partial charge in [-0.05, 0) is 37.0 Å². The fourth-order valence-corrected chi connectivity index (χ4v) is 4.91. The summed E-state index contributed by atoms with van der Waals surface area (Å²) in [5, 5.41) is 3.46. The molecular weight excluding hydrogens is 405 g/mol. The number of halogens is 1. The Bertz CT molecular complexity index is 882. The number of hydrogen-bond acceptors (Lipinski definition) is 5. The number of nitrogens with one attached hydrogen (secondary N) is 1. The Morgan fingerprint density at radius 1 is 1.27 bits per heavy atom. The Labute approximate surface area is 179 Å². The maximum absolute atomic E-state index is 13.8. The highest BCUT2D eigenvalue weighted by Crippen LogP contribution is 2.27. The molecule has 1 atom stereocenters. The van der Waals surface area contributed by atoms with Crippen LogP contribution >= 0.6 is 11.3 Å². The summed E-state index contributed by atoms with van der Waals surface area (Å²) in [5.74, 6) is -0.810. The molecule has 1 saturated heterocycles. The lowest BCUT2D eigenvalue weighted by Crippen LogP contribution is -2.64. The molecule has 0 bridgehead atoms. The molecule has 162 valence electrons. The number of carbonyl (C=O) groups is 2. The van der Waals surface area contributed by atoms with Crippen LogP contribution in [0.1, 0.15) is 36.1 Å². The first kappa shape index (κ1) is 22.2. The van der Waals surface area contributed by atoms with E-state index in [1.165, 1.54) is 23.5 Å². The molecule has 2 amide bonds. The van der Waals surface area contributed by atoms with E-state index in [0.29, 0.717) is 29.1 Å². The van der Waals surface area contributed by atoms with E-state index < -0.39 is 6.04 Å². The van der Waals surface area contributed by atoms with Crippen molar-refractivity contribution < 1.29 is 18.5 Å². The highest BCUT2D eigenvalue weighted by atomic mass is 32.1. The van der Waals surface area contributed by atoms with Gasteiger partial charge in [0.15, 0.2) is 11.2 Å². The van der Waals surface area contributed by atoms with E-state index in [1.54, 1.807) is 12.3 Å². The second-order valence-corrected chi connectivity index (χ2v) is 9.05. The van der Waals surface area contributed by atoms with Crippen LogP contribution in [0, 0.1) is 5.82 Å². The van der Waals surface area contributed by atoms with E-state index in [4.69, 9.17) is 11.5 Å². The number of aromatic nitrogens is 1. The highest BCUT2D eigenvalue weighted by molar-refractivity contribution is 7.15. The van der Waals surface area contributed by atoms with Crippen molar-refractivity contribution in [3.05, 3.63) is 46.7 Å². The Kier molecular flexibility index (Phi) is 7.38. The molecule has 0 spiro atoms. The van der Waals surface area contributed by atoms with E-state index in [0.717, 1.165) is 42.8 Å². The number of anilines is 1. The van der Waals surface area contributed by atoms with Crippen LogP contribution in [-0.2, 0) is 22.6 Å². The summed E-state index contributed by atoms with van der Waals surface area (Å²) in [7, 11) is 0. The van der Waals surface area contributed by atoms with Gasteiger partial charge in [-0.1, -0.05) is 12.1 Å². The standard InChI is InChI=1S/C21H28FN5O2S/c22-16-6-4-5-15(11-16)12-18(20(29)25-13-17-14-26-21(24)30-17)27(10-7-19(23)28)8-2-1-3-9-27/h4-6,11,14,18H,1-3,7-10,12-13H2,(H4-,23,24,25,26,28,29)/p+1/t18-/m0/s1. The third kappa shape index (κ3) is 5.76. The average Bonchev–Trinajstić information content (AvgIpc) is 3.15. The number of benzene rings is 1. The second-order valence-electron chi connectivity index (χ2n) is 7.90. The van der Waals surface area contributed by atoms with Crippen LogP contribution in [0.4, 0.5) is 9.52 Å². The highest BCUT2D eigenvalue weighted by Gasteiger charge is 2.42. The molecule has 1 aromatic carbocycles. The van der Waals surface area contributed by atoms with Gasteiger partial charge in [0, 0.05) is 17.5 Å². The minimum absolute atomic E-state index is 0.113. The number of thiazole rings is 1. The van der Waals surface area contributed by atoms with Gasteiger partial charge >= 0.3 is 0 Å². The first-order valence-electron chi connectivity index (χ1n) is 10.2. The normalized spacial score (nSPS) is 16.7. The van der Waals surface area contributed by atoms with Crippen molar-refractivity contribution in [2.45, 2.75) is 44.7 Å². The maximum Gasteiger partial charge on any atom is 0.279 e. The molecule has 1 aliphatic heterocycles. The molecule has 1 fully saturated rings. The molecule has 0 saturated carbocycles. The van der Waals surface area contributed by atoms with Gasteiger partial charge in [-0.15, -0.1) is 11.3 Å². The summed E-state index contributed by atoms with van der Waals surface area (Å²) in [5.41, 5.74) is 11.9. The lowest BCUT2D eigenvalue weighted by Gasteiger charge is -2.46. The monoisotopic (exact) mass is 434 g/mol. The zero-order valence-electron chi connectivity index (χ0n) is 17.0. The van der Waals surface area contributed by atoms with Crippen molar-refractivity contribution in [2.75, 3.05) is 25.4 Å². The van der Waals surface area contributed by atoms with Crippen LogP contribution in [-0.4, -0.2) is 47.0 Å². The van der Waals surface area contributed by atoms with Gasteiger partial charge in [-0.25, -0.2) is 9.37 Å². The predicted molar refractivity (Wildman–Crippen MR) is 115 cm³/mol. The van der Waals surface area contributed by atoms with Crippen molar-refractivity contribution in [1.82, 2.24) is 10.3 Å². The molecule has 3 rings (SSSR count).